The Morgan fingerprint density at radius 3 is 2.72 bits per heavy atom. The van der Waals surface area contributed by atoms with Crippen LogP contribution in [0.4, 0.5) is 5.82 Å². The topological polar surface area (TPSA) is 51.3 Å². The zero-order chi connectivity index (χ0) is 11.8. The molecule has 0 aliphatic carbocycles. The lowest BCUT2D eigenvalue weighted by Crippen LogP contribution is -3.12. The lowest BCUT2D eigenvalue weighted by atomic mass is 10.3. The molecule has 0 atom stereocenters. The quantitative estimate of drug-likeness (QED) is 0.569. The van der Waals surface area contributed by atoms with Crippen molar-refractivity contribution in [2.75, 3.05) is 38.1 Å². The second kappa shape index (κ2) is 5.07. The Morgan fingerprint density at radius 1 is 1.28 bits per heavy atom. The number of likely N-dealkylation sites (N-methyl/N-ethyl adjacent to an activating group) is 1. The summed E-state index contributed by atoms with van der Waals surface area (Å²) in [6.07, 6.45) is 1.84. The van der Waals surface area contributed by atoms with Crippen molar-refractivity contribution in [2.45, 2.75) is 0 Å². The number of quaternary nitrogens is 1. The maximum absolute atomic E-state index is 4.47. The van der Waals surface area contributed by atoms with Crippen LogP contribution in [0.2, 0.25) is 0 Å². The molecule has 0 spiro atoms. The summed E-state index contributed by atoms with van der Waals surface area (Å²) in [5.41, 5.74) is 1.95. The van der Waals surface area contributed by atoms with Crippen molar-refractivity contribution in [3.63, 3.8) is 0 Å². The van der Waals surface area contributed by atoms with E-state index in [-0.39, 0.29) is 12.4 Å². The lowest BCUT2D eigenvalue weighted by Gasteiger charge is -2.30. The van der Waals surface area contributed by atoms with E-state index in [0.717, 1.165) is 43.0 Å². The Kier molecular flexibility index (Phi) is 3.68. The Labute approximate surface area is 112 Å². The highest BCUT2D eigenvalue weighted by atomic mass is 35.5. The molecule has 0 radical (unpaired) electrons. The molecule has 2 aromatic heterocycles. The predicted molar refractivity (Wildman–Crippen MR) is 65.1 cm³/mol. The molecule has 0 unspecified atom stereocenters. The molecule has 1 saturated heterocycles. The largest absolute Gasteiger partial charge is 1.00 e. The molecule has 2 aromatic rings. The van der Waals surface area contributed by atoms with Gasteiger partial charge in [-0.1, -0.05) is 5.21 Å². The first kappa shape index (κ1) is 13.0. The Hall–Kier alpha value is -1.40. The van der Waals surface area contributed by atoms with E-state index >= 15 is 0 Å². The van der Waals surface area contributed by atoms with E-state index in [0.29, 0.717) is 0 Å². The third-order valence-corrected chi connectivity index (χ3v) is 3.43. The molecule has 3 heterocycles. The van der Waals surface area contributed by atoms with Gasteiger partial charge in [-0.25, -0.2) is 9.67 Å². The number of anilines is 1. The van der Waals surface area contributed by atoms with Gasteiger partial charge in [-0.15, -0.1) is 5.10 Å². The number of fused-ring (bicyclic) bond motifs is 1. The molecule has 3 rings (SSSR count). The summed E-state index contributed by atoms with van der Waals surface area (Å²) in [5.74, 6) is 0.975. The number of aromatic nitrogens is 4. The van der Waals surface area contributed by atoms with Crippen molar-refractivity contribution >= 4 is 16.9 Å². The molecule has 18 heavy (non-hydrogen) atoms. The first-order chi connectivity index (χ1) is 8.25. The van der Waals surface area contributed by atoms with Gasteiger partial charge in [0, 0.05) is 13.2 Å². The molecule has 1 aliphatic rings. The summed E-state index contributed by atoms with van der Waals surface area (Å²) in [4.78, 5) is 8.36. The maximum atomic E-state index is 4.47. The number of hydrogen-bond donors (Lipinski definition) is 1. The number of aryl methyl sites for hydroxylation is 1. The second-order valence-corrected chi connectivity index (χ2v) is 4.66. The summed E-state index contributed by atoms with van der Waals surface area (Å²) in [5, 5.41) is 8.28. The van der Waals surface area contributed by atoms with Gasteiger partial charge in [0.2, 0.25) is 0 Å². The highest BCUT2D eigenvalue weighted by molar-refractivity contribution is 5.85. The van der Waals surface area contributed by atoms with Crippen LogP contribution in [0.3, 0.4) is 0 Å². The predicted octanol–water partition coefficient (Wildman–Crippen LogP) is -4.30. The van der Waals surface area contributed by atoms with Crippen LogP contribution < -0.4 is 22.2 Å². The molecule has 1 fully saturated rings. The third-order valence-electron chi connectivity index (χ3n) is 3.43. The van der Waals surface area contributed by atoms with E-state index in [1.807, 2.05) is 19.3 Å². The SMILES string of the molecule is Cn1nnc2c(N3CC[NH+](C)CC3)nccc21.[Cl-]. The normalized spacial score (nSPS) is 16.9. The van der Waals surface area contributed by atoms with Crippen LogP contribution >= 0.6 is 0 Å². The highest BCUT2D eigenvalue weighted by Crippen LogP contribution is 2.21. The standard InChI is InChI=1S/C11H16N6.ClH/c1-15-5-7-17(8-6-15)11-10-9(3-4-12-11)16(2)14-13-10;/h3-4H,5-8H2,1-2H3;1H. The molecule has 1 aliphatic heterocycles. The van der Waals surface area contributed by atoms with Crippen LogP contribution in [-0.4, -0.2) is 53.2 Å². The van der Waals surface area contributed by atoms with Gasteiger partial charge in [-0.2, -0.15) is 0 Å². The van der Waals surface area contributed by atoms with Crippen molar-refractivity contribution in [1.82, 2.24) is 20.0 Å². The lowest BCUT2D eigenvalue weighted by molar-refractivity contribution is -0.880. The molecule has 7 heteroatoms. The second-order valence-electron chi connectivity index (χ2n) is 4.66. The number of hydrogen-bond acceptors (Lipinski definition) is 4. The molecular weight excluding hydrogens is 252 g/mol. The van der Waals surface area contributed by atoms with Gasteiger partial charge in [0.25, 0.3) is 0 Å². The first-order valence-electron chi connectivity index (χ1n) is 5.96. The van der Waals surface area contributed by atoms with E-state index in [2.05, 4.69) is 27.2 Å². The monoisotopic (exact) mass is 268 g/mol. The minimum Gasteiger partial charge on any atom is -1.00 e. The molecule has 0 bridgehead atoms. The number of nitrogens with zero attached hydrogens (tertiary/aromatic N) is 5. The van der Waals surface area contributed by atoms with E-state index in [1.165, 1.54) is 0 Å². The van der Waals surface area contributed by atoms with Crippen molar-refractivity contribution in [3.05, 3.63) is 12.3 Å². The first-order valence-corrected chi connectivity index (χ1v) is 5.96. The third kappa shape index (κ3) is 2.13. The van der Waals surface area contributed by atoms with Crippen LogP contribution in [0.5, 0.6) is 0 Å². The molecular formula is C11H17ClN6. The van der Waals surface area contributed by atoms with Gasteiger partial charge in [-0.05, 0) is 6.07 Å². The van der Waals surface area contributed by atoms with Crippen LogP contribution in [-0.2, 0) is 7.05 Å². The number of rotatable bonds is 1. The molecule has 0 aromatic carbocycles. The average Bonchev–Trinajstić information content (AvgIpc) is 2.73. The van der Waals surface area contributed by atoms with E-state index in [9.17, 15) is 0 Å². The number of piperazine rings is 1. The fraction of sp³-hybridized carbons (Fsp3) is 0.545. The van der Waals surface area contributed by atoms with E-state index in [1.54, 1.807) is 9.58 Å². The van der Waals surface area contributed by atoms with Crippen molar-refractivity contribution in [3.8, 4) is 0 Å². The van der Waals surface area contributed by atoms with Gasteiger partial charge in [0.05, 0.1) is 38.7 Å². The van der Waals surface area contributed by atoms with Crippen molar-refractivity contribution < 1.29 is 17.3 Å². The average molecular weight is 269 g/mol. The Balaban J connectivity index is 0.00000120. The van der Waals surface area contributed by atoms with Crippen LogP contribution in [0.1, 0.15) is 0 Å². The summed E-state index contributed by atoms with van der Waals surface area (Å²) in [6.45, 7) is 4.37. The minimum atomic E-state index is 0. The molecule has 1 N–H and O–H groups in total. The zero-order valence-corrected chi connectivity index (χ0v) is 11.4. The fourth-order valence-electron chi connectivity index (χ4n) is 2.28. The number of pyridine rings is 1. The maximum Gasteiger partial charge on any atom is 0.159 e. The summed E-state index contributed by atoms with van der Waals surface area (Å²) < 4.78 is 1.79. The fourth-order valence-corrected chi connectivity index (χ4v) is 2.28. The Morgan fingerprint density at radius 2 is 2.00 bits per heavy atom. The number of halogens is 1. The summed E-state index contributed by atoms with van der Waals surface area (Å²) >= 11 is 0. The number of nitrogens with one attached hydrogen (secondary N) is 1. The highest BCUT2D eigenvalue weighted by Gasteiger charge is 2.21. The Bertz CT molecular complexity index is 531. The molecule has 98 valence electrons. The van der Waals surface area contributed by atoms with Gasteiger partial charge in [0.1, 0.15) is 0 Å². The van der Waals surface area contributed by atoms with Crippen molar-refractivity contribution in [1.29, 1.82) is 0 Å². The van der Waals surface area contributed by atoms with E-state index < -0.39 is 0 Å². The van der Waals surface area contributed by atoms with Gasteiger partial charge in [0.15, 0.2) is 11.3 Å². The summed E-state index contributed by atoms with van der Waals surface area (Å²) in [7, 11) is 4.14. The molecule has 6 nitrogen and oxygen atoms in total. The van der Waals surface area contributed by atoms with Crippen LogP contribution in [0.25, 0.3) is 11.0 Å². The summed E-state index contributed by atoms with van der Waals surface area (Å²) in [6, 6.07) is 1.96. The van der Waals surface area contributed by atoms with Gasteiger partial charge < -0.3 is 22.2 Å². The van der Waals surface area contributed by atoms with Crippen LogP contribution in [0, 0.1) is 0 Å². The van der Waals surface area contributed by atoms with Crippen molar-refractivity contribution in [2.24, 2.45) is 7.05 Å². The molecule has 0 saturated carbocycles. The van der Waals surface area contributed by atoms with E-state index in [4.69, 9.17) is 0 Å². The molecule has 0 amide bonds. The van der Waals surface area contributed by atoms with Gasteiger partial charge >= 0.3 is 0 Å². The van der Waals surface area contributed by atoms with Crippen LogP contribution in [0.15, 0.2) is 12.3 Å². The van der Waals surface area contributed by atoms with Gasteiger partial charge in [-0.3, -0.25) is 0 Å². The smallest absolute Gasteiger partial charge is 0.159 e. The zero-order valence-electron chi connectivity index (χ0n) is 10.6. The minimum absolute atomic E-state index is 0.